The highest BCUT2D eigenvalue weighted by Gasteiger charge is 2.36. The predicted octanol–water partition coefficient (Wildman–Crippen LogP) is 4.22. The molecule has 24 heavy (non-hydrogen) atoms. The van der Waals surface area contributed by atoms with Crippen molar-refractivity contribution in [2.75, 3.05) is 0 Å². The molecule has 2 aromatic carbocycles. The summed E-state index contributed by atoms with van der Waals surface area (Å²) in [6.45, 7) is 0. The van der Waals surface area contributed by atoms with Crippen molar-refractivity contribution in [1.82, 2.24) is 0 Å². The van der Waals surface area contributed by atoms with Crippen LogP contribution in [0, 0.1) is 17.8 Å². The second-order valence-electron chi connectivity index (χ2n) is 7.33. The molecule has 0 radical (unpaired) electrons. The molecule has 3 unspecified atom stereocenters. The van der Waals surface area contributed by atoms with Crippen molar-refractivity contribution >= 4 is 11.6 Å². The Bertz CT molecular complexity index is 906. The second kappa shape index (κ2) is 5.01. The van der Waals surface area contributed by atoms with Crippen LogP contribution in [0.5, 0.6) is 0 Å². The third kappa shape index (κ3) is 1.96. The van der Waals surface area contributed by atoms with Crippen molar-refractivity contribution < 1.29 is 9.59 Å². The topological polar surface area (TPSA) is 34.1 Å². The van der Waals surface area contributed by atoms with E-state index in [1.165, 1.54) is 18.4 Å². The highest BCUT2D eigenvalue weighted by molar-refractivity contribution is 6.28. The van der Waals surface area contributed by atoms with Crippen molar-refractivity contribution in [3.05, 3.63) is 82.4 Å². The SMILES string of the molecule is O=C1c2ccccc2C(=O)c2cc(CC3CC4C=CC3C4)ccc21. The Balaban J connectivity index is 1.50. The second-order valence-corrected chi connectivity index (χ2v) is 7.33. The van der Waals surface area contributed by atoms with Gasteiger partial charge in [0.25, 0.3) is 0 Å². The smallest absolute Gasteiger partial charge is 0.194 e. The van der Waals surface area contributed by atoms with Crippen LogP contribution in [-0.2, 0) is 6.42 Å². The summed E-state index contributed by atoms with van der Waals surface area (Å²) in [4.78, 5) is 25.5. The van der Waals surface area contributed by atoms with E-state index in [1.807, 2.05) is 30.3 Å². The maximum absolute atomic E-state index is 12.8. The molecule has 118 valence electrons. The molecule has 1 saturated carbocycles. The van der Waals surface area contributed by atoms with E-state index in [2.05, 4.69) is 12.2 Å². The van der Waals surface area contributed by atoms with Gasteiger partial charge in [0.1, 0.15) is 0 Å². The average Bonchev–Trinajstić information content (AvgIpc) is 3.23. The van der Waals surface area contributed by atoms with E-state index in [4.69, 9.17) is 0 Å². The van der Waals surface area contributed by atoms with Gasteiger partial charge in [-0.15, -0.1) is 0 Å². The Morgan fingerprint density at radius 2 is 1.50 bits per heavy atom. The molecule has 0 aliphatic heterocycles. The van der Waals surface area contributed by atoms with Gasteiger partial charge in [0, 0.05) is 22.3 Å². The molecule has 0 heterocycles. The van der Waals surface area contributed by atoms with Crippen LogP contribution in [-0.4, -0.2) is 11.6 Å². The lowest BCUT2D eigenvalue weighted by Gasteiger charge is -2.21. The first-order valence-electron chi connectivity index (χ1n) is 8.70. The number of hydrogen-bond donors (Lipinski definition) is 0. The van der Waals surface area contributed by atoms with Crippen LogP contribution in [0.2, 0.25) is 0 Å². The Morgan fingerprint density at radius 1 is 0.792 bits per heavy atom. The van der Waals surface area contributed by atoms with Gasteiger partial charge in [0.2, 0.25) is 0 Å². The van der Waals surface area contributed by atoms with E-state index in [1.54, 1.807) is 12.1 Å². The van der Waals surface area contributed by atoms with Gasteiger partial charge >= 0.3 is 0 Å². The Labute approximate surface area is 141 Å². The van der Waals surface area contributed by atoms with Gasteiger partial charge in [-0.2, -0.15) is 0 Å². The molecule has 3 aliphatic rings. The maximum atomic E-state index is 12.8. The molecule has 2 bridgehead atoms. The molecular formula is C22H18O2. The summed E-state index contributed by atoms with van der Waals surface area (Å²) >= 11 is 0. The number of benzene rings is 2. The van der Waals surface area contributed by atoms with Gasteiger partial charge in [-0.25, -0.2) is 0 Å². The number of carbonyl (C=O) groups is 2. The van der Waals surface area contributed by atoms with Gasteiger partial charge in [-0.05, 0) is 48.6 Å². The minimum Gasteiger partial charge on any atom is -0.289 e. The van der Waals surface area contributed by atoms with Crippen LogP contribution in [0.3, 0.4) is 0 Å². The van der Waals surface area contributed by atoms with Crippen molar-refractivity contribution in [3.8, 4) is 0 Å². The third-order valence-electron chi connectivity index (χ3n) is 5.90. The predicted molar refractivity (Wildman–Crippen MR) is 92.3 cm³/mol. The minimum atomic E-state index is -0.0328. The van der Waals surface area contributed by atoms with E-state index >= 15 is 0 Å². The maximum Gasteiger partial charge on any atom is 0.194 e. The van der Waals surface area contributed by atoms with Crippen molar-refractivity contribution in [3.63, 3.8) is 0 Å². The van der Waals surface area contributed by atoms with Crippen molar-refractivity contribution in [1.29, 1.82) is 0 Å². The summed E-state index contributed by atoms with van der Waals surface area (Å²) in [5.74, 6) is 2.08. The number of ketones is 2. The fourth-order valence-corrected chi connectivity index (χ4v) is 4.71. The van der Waals surface area contributed by atoms with E-state index in [-0.39, 0.29) is 11.6 Å². The molecule has 2 nitrogen and oxygen atoms in total. The molecule has 0 aromatic heterocycles. The van der Waals surface area contributed by atoms with Crippen LogP contribution in [0.15, 0.2) is 54.6 Å². The van der Waals surface area contributed by atoms with Crippen LogP contribution >= 0.6 is 0 Å². The molecule has 0 spiro atoms. The zero-order chi connectivity index (χ0) is 16.3. The standard InChI is InChI=1S/C22H18O2/c23-21-17-3-1-2-4-18(17)22(24)20-12-14(6-8-19(20)21)11-16-10-13-5-7-15(16)9-13/h1-8,12-13,15-16H,9-11H2. The average molecular weight is 314 g/mol. The first-order valence-corrected chi connectivity index (χ1v) is 8.70. The molecule has 2 heteroatoms. The van der Waals surface area contributed by atoms with Gasteiger partial charge in [-0.1, -0.05) is 48.6 Å². The van der Waals surface area contributed by atoms with E-state index in [0.29, 0.717) is 34.1 Å². The van der Waals surface area contributed by atoms with Crippen molar-refractivity contribution in [2.45, 2.75) is 19.3 Å². The molecule has 3 aliphatic carbocycles. The quantitative estimate of drug-likeness (QED) is 0.664. The van der Waals surface area contributed by atoms with Gasteiger partial charge < -0.3 is 0 Å². The summed E-state index contributed by atoms with van der Waals surface area (Å²) < 4.78 is 0. The van der Waals surface area contributed by atoms with Crippen LogP contribution < -0.4 is 0 Å². The summed E-state index contributed by atoms with van der Waals surface area (Å²) in [7, 11) is 0. The summed E-state index contributed by atoms with van der Waals surface area (Å²) in [5, 5.41) is 0. The molecule has 2 aromatic rings. The Hall–Kier alpha value is -2.48. The zero-order valence-electron chi connectivity index (χ0n) is 13.4. The van der Waals surface area contributed by atoms with Crippen LogP contribution in [0.1, 0.15) is 50.2 Å². The highest BCUT2D eigenvalue weighted by atomic mass is 16.1. The van der Waals surface area contributed by atoms with Gasteiger partial charge in [0.05, 0.1) is 0 Å². The van der Waals surface area contributed by atoms with Gasteiger partial charge in [0.15, 0.2) is 11.6 Å². The Morgan fingerprint density at radius 3 is 2.17 bits per heavy atom. The lowest BCUT2D eigenvalue weighted by atomic mass is 9.81. The van der Waals surface area contributed by atoms with Gasteiger partial charge in [-0.3, -0.25) is 9.59 Å². The summed E-state index contributed by atoms with van der Waals surface area (Å²) in [6.07, 6.45) is 8.27. The van der Waals surface area contributed by atoms with Crippen LogP contribution in [0.4, 0.5) is 0 Å². The molecule has 0 saturated heterocycles. The van der Waals surface area contributed by atoms with E-state index in [9.17, 15) is 9.59 Å². The molecule has 5 rings (SSSR count). The fourth-order valence-electron chi connectivity index (χ4n) is 4.71. The molecule has 1 fully saturated rings. The molecule has 0 N–H and O–H groups in total. The minimum absolute atomic E-state index is 0.0186. The number of hydrogen-bond acceptors (Lipinski definition) is 2. The monoisotopic (exact) mass is 314 g/mol. The van der Waals surface area contributed by atoms with E-state index < -0.39 is 0 Å². The Kier molecular flexibility index (Phi) is 2.90. The summed E-state index contributed by atoms with van der Waals surface area (Å²) in [6, 6.07) is 13.0. The number of allylic oxidation sites excluding steroid dienone is 2. The zero-order valence-corrected chi connectivity index (χ0v) is 13.4. The molecular weight excluding hydrogens is 296 g/mol. The van der Waals surface area contributed by atoms with E-state index in [0.717, 1.165) is 12.3 Å². The fraction of sp³-hybridized carbons (Fsp3) is 0.273. The number of fused-ring (bicyclic) bond motifs is 4. The first-order chi connectivity index (χ1) is 11.7. The van der Waals surface area contributed by atoms with Crippen molar-refractivity contribution in [2.24, 2.45) is 17.8 Å². The summed E-state index contributed by atoms with van der Waals surface area (Å²) in [5.41, 5.74) is 3.38. The highest BCUT2D eigenvalue weighted by Crippen LogP contribution is 2.45. The lowest BCUT2D eigenvalue weighted by molar-refractivity contribution is 0.0979. The number of carbonyl (C=O) groups excluding carboxylic acids is 2. The lowest BCUT2D eigenvalue weighted by Crippen LogP contribution is -2.21. The normalized spacial score (nSPS) is 26.6. The number of rotatable bonds is 2. The molecule has 0 amide bonds. The third-order valence-corrected chi connectivity index (χ3v) is 5.90. The van der Waals surface area contributed by atoms with Crippen LogP contribution in [0.25, 0.3) is 0 Å². The largest absolute Gasteiger partial charge is 0.289 e. The first kappa shape index (κ1) is 13.9. The molecule has 3 atom stereocenters.